The third kappa shape index (κ3) is 9.36. The van der Waals surface area contributed by atoms with Gasteiger partial charge in [0.2, 0.25) is 0 Å². The van der Waals surface area contributed by atoms with Crippen LogP contribution in [0.2, 0.25) is 0 Å². The fourth-order valence-corrected chi connectivity index (χ4v) is 3.85. The summed E-state index contributed by atoms with van der Waals surface area (Å²) in [6, 6.07) is 0. The van der Waals surface area contributed by atoms with Crippen LogP contribution in [0.1, 0.15) is 76.7 Å². The van der Waals surface area contributed by atoms with E-state index in [1.807, 2.05) is 13.0 Å². The summed E-state index contributed by atoms with van der Waals surface area (Å²) in [4.78, 5) is 23.0. The fourth-order valence-electron chi connectivity index (χ4n) is 3.85. The van der Waals surface area contributed by atoms with E-state index in [0.29, 0.717) is 28.9 Å². The average Bonchev–Trinajstić information content (AvgIpc) is 3.17. The van der Waals surface area contributed by atoms with Crippen molar-refractivity contribution in [2.75, 3.05) is 0 Å². The first-order valence-corrected chi connectivity index (χ1v) is 11.5. The molecule has 2 atom stereocenters. The molecule has 1 aromatic heterocycles. The van der Waals surface area contributed by atoms with Gasteiger partial charge in [-0.3, -0.25) is 9.59 Å². The zero-order valence-corrected chi connectivity index (χ0v) is 20.2. The molecule has 0 aliphatic carbocycles. The number of aliphatic carboxylic acids is 1. The van der Waals surface area contributed by atoms with Gasteiger partial charge in [-0.2, -0.15) is 0 Å². The Morgan fingerprint density at radius 1 is 1.09 bits per heavy atom. The van der Waals surface area contributed by atoms with Gasteiger partial charge in [-0.25, -0.2) is 0 Å². The molecule has 0 radical (unpaired) electrons. The Morgan fingerprint density at radius 2 is 1.76 bits per heavy atom. The maximum atomic E-state index is 12.0. The number of aldehydes is 1. The summed E-state index contributed by atoms with van der Waals surface area (Å²) in [5.74, 6) is -0.706. The number of allylic oxidation sites excluding steroid dienone is 6. The lowest BCUT2D eigenvalue weighted by atomic mass is 9.89. The van der Waals surface area contributed by atoms with Gasteiger partial charge < -0.3 is 19.9 Å². The first-order chi connectivity index (χ1) is 15.6. The normalized spacial score (nSPS) is 14.5. The van der Waals surface area contributed by atoms with E-state index >= 15 is 0 Å². The molecule has 0 aromatic carbocycles. The minimum absolute atomic E-state index is 0.0898. The van der Waals surface area contributed by atoms with E-state index in [-0.39, 0.29) is 18.0 Å². The summed E-state index contributed by atoms with van der Waals surface area (Å²) in [7, 11) is 0. The third-order valence-corrected chi connectivity index (χ3v) is 5.94. The Bertz CT molecular complexity index is 875. The Hall–Kier alpha value is -2.70. The van der Waals surface area contributed by atoms with Crippen LogP contribution < -0.4 is 0 Å². The maximum Gasteiger partial charge on any atom is 0.323 e. The van der Waals surface area contributed by atoms with Gasteiger partial charge in [0.25, 0.3) is 0 Å². The van der Waals surface area contributed by atoms with E-state index in [9.17, 15) is 19.8 Å². The number of carbonyl (C=O) groups is 2. The number of unbranched alkanes of at least 4 members (excludes halogenated alkanes) is 3. The van der Waals surface area contributed by atoms with Crippen molar-refractivity contribution < 1.29 is 24.9 Å². The Morgan fingerprint density at radius 3 is 2.30 bits per heavy atom. The molecule has 2 unspecified atom stereocenters. The zero-order valence-electron chi connectivity index (χ0n) is 20.2. The topological polar surface area (TPSA) is 99.8 Å². The Kier molecular flexibility index (Phi) is 12.4. The van der Waals surface area contributed by atoms with Crippen molar-refractivity contribution in [3.05, 3.63) is 66.1 Å². The number of aliphatic hydroxyl groups is 2. The molecule has 0 bridgehead atoms. The second kappa shape index (κ2) is 14.4. The van der Waals surface area contributed by atoms with Gasteiger partial charge in [0.1, 0.15) is 6.54 Å². The number of aromatic nitrogens is 1. The smallest absolute Gasteiger partial charge is 0.323 e. The van der Waals surface area contributed by atoms with Crippen LogP contribution in [0.15, 0.2) is 54.9 Å². The summed E-state index contributed by atoms with van der Waals surface area (Å²) in [5.41, 5.74) is 2.62. The first-order valence-electron chi connectivity index (χ1n) is 11.5. The third-order valence-electron chi connectivity index (χ3n) is 5.94. The molecule has 3 N–H and O–H groups in total. The summed E-state index contributed by atoms with van der Waals surface area (Å²) in [6.45, 7) is 13.4. The highest BCUT2D eigenvalue weighted by molar-refractivity contribution is 6.09. The number of rotatable bonds is 16. The average molecular weight is 458 g/mol. The molecule has 0 amide bonds. The number of carbonyl (C=O) groups excluding carboxylic acids is 1. The molecule has 0 saturated carbocycles. The van der Waals surface area contributed by atoms with E-state index < -0.39 is 12.3 Å². The highest BCUT2D eigenvalue weighted by Gasteiger charge is 2.20. The van der Waals surface area contributed by atoms with Crippen molar-refractivity contribution in [3.8, 4) is 0 Å². The van der Waals surface area contributed by atoms with Gasteiger partial charge in [0.05, 0.1) is 0 Å². The van der Waals surface area contributed by atoms with Crippen molar-refractivity contribution in [1.82, 2.24) is 4.57 Å². The summed E-state index contributed by atoms with van der Waals surface area (Å²) < 4.78 is 1.32. The quantitative estimate of drug-likeness (QED) is 0.101. The van der Waals surface area contributed by atoms with Crippen LogP contribution in [0.5, 0.6) is 0 Å². The van der Waals surface area contributed by atoms with Crippen LogP contribution in [0.25, 0.3) is 5.57 Å². The van der Waals surface area contributed by atoms with Gasteiger partial charge >= 0.3 is 5.97 Å². The number of carboxylic acids is 1. The zero-order chi connectivity index (χ0) is 25.0. The SMILES string of the molecule is C=CC(C)CCCCCCC(C)=CC(C=C)C(C)=C(C=O)c1cn(CC(=O)O)cc1C(O)O. The number of hydrogen-bond acceptors (Lipinski definition) is 4. The van der Waals surface area contributed by atoms with E-state index in [1.165, 1.54) is 41.8 Å². The maximum absolute atomic E-state index is 12.0. The second-order valence-corrected chi connectivity index (χ2v) is 8.72. The van der Waals surface area contributed by atoms with E-state index in [2.05, 4.69) is 33.1 Å². The number of carboxylic acid groups (broad SMARTS) is 1. The van der Waals surface area contributed by atoms with Crippen molar-refractivity contribution >= 4 is 17.8 Å². The van der Waals surface area contributed by atoms with E-state index in [1.54, 1.807) is 6.08 Å². The highest BCUT2D eigenvalue weighted by Crippen LogP contribution is 2.30. The predicted molar refractivity (Wildman–Crippen MR) is 132 cm³/mol. The number of aliphatic hydroxyl groups excluding tert-OH is 1. The van der Waals surface area contributed by atoms with Crippen molar-refractivity contribution in [1.29, 1.82) is 0 Å². The van der Waals surface area contributed by atoms with Gasteiger partial charge in [-0.05, 0) is 39.0 Å². The van der Waals surface area contributed by atoms with Crippen molar-refractivity contribution in [2.45, 2.75) is 72.1 Å². The minimum Gasteiger partial charge on any atom is -0.480 e. The van der Waals surface area contributed by atoms with Gasteiger partial charge in [-0.15, -0.1) is 13.2 Å². The molecule has 33 heavy (non-hydrogen) atoms. The molecule has 1 heterocycles. The molecular weight excluding hydrogens is 418 g/mol. The lowest BCUT2D eigenvalue weighted by Crippen LogP contribution is -2.06. The van der Waals surface area contributed by atoms with Crippen LogP contribution in [-0.2, 0) is 16.1 Å². The molecule has 0 spiro atoms. The Balaban J connectivity index is 2.98. The van der Waals surface area contributed by atoms with Gasteiger partial charge in [0, 0.05) is 35.0 Å². The van der Waals surface area contributed by atoms with Gasteiger partial charge in [0.15, 0.2) is 12.6 Å². The molecule has 6 nitrogen and oxygen atoms in total. The Labute approximate surface area is 197 Å². The van der Waals surface area contributed by atoms with Crippen LogP contribution >= 0.6 is 0 Å². The molecule has 1 rings (SSSR count). The van der Waals surface area contributed by atoms with Gasteiger partial charge in [-0.1, -0.05) is 55.6 Å². The standard InChI is InChI=1S/C27H39NO5/c1-6-19(3)12-10-8-9-11-13-20(4)14-22(7-2)21(5)25(18-29)23-15-28(17-26(30)31)16-24(23)27(32)33/h6-7,14-16,18-19,22,27,32-33H,1-2,8-13,17H2,3-5H3,(H,30,31). The monoisotopic (exact) mass is 457 g/mol. The molecule has 0 saturated heterocycles. The van der Waals surface area contributed by atoms with Crippen LogP contribution in [0, 0.1) is 11.8 Å². The second-order valence-electron chi connectivity index (χ2n) is 8.72. The lowest BCUT2D eigenvalue weighted by molar-refractivity contribution is -0.137. The highest BCUT2D eigenvalue weighted by atomic mass is 16.5. The minimum atomic E-state index is -1.83. The van der Waals surface area contributed by atoms with Crippen LogP contribution in [0.4, 0.5) is 0 Å². The molecule has 1 aromatic rings. The molecular formula is C27H39NO5. The number of nitrogens with zero attached hydrogens (tertiary/aromatic N) is 1. The summed E-state index contributed by atoms with van der Waals surface area (Å²) in [5, 5.41) is 28.5. The molecule has 0 aliphatic rings. The molecule has 0 aliphatic heterocycles. The number of hydrogen-bond donors (Lipinski definition) is 3. The molecule has 6 heteroatoms. The van der Waals surface area contributed by atoms with E-state index in [0.717, 1.165) is 19.3 Å². The summed E-state index contributed by atoms with van der Waals surface area (Å²) >= 11 is 0. The lowest BCUT2D eigenvalue weighted by Gasteiger charge is -2.15. The van der Waals surface area contributed by atoms with Crippen molar-refractivity contribution in [2.24, 2.45) is 11.8 Å². The van der Waals surface area contributed by atoms with E-state index in [4.69, 9.17) is 5.11 Å². The first kappa shape index (κ1) is 28.3. The van der Waals surface area contributed by atoms with Crippen LogP contribution in [0.3, 0.4) is 0 Å². The summed E-state index contributed by atoms with van der Waals surface area (Å²) in [6.07, 6.45) is 14.3. The largest absolute Gasteiger partial charge is 0.480 e. The van der Waals surface area contributed by atoms with Crippen LogP contribution in [-0.4, -0.2) is 32.1 Å². The van der Waals surface area contributed by atoms with Crippen molar-refractivity contribution in [3.63, 3.8) is 0 Å². The predicted octanol–water partition coefficient (Wildman–Crippen LogP) is 5.44. The molecule has 182 valence electrons. The fraction of sp³-hybridized carbons (Fsp3) is 0.481. The molecule has 0 fully saturated rings.